The Kier molecular flexibility index (Phi) is 5.34. The predicted octanol–water partition coefficient (Wildman–Crippen LogP) is 3.56. The van der Waals surface area contributed by atoms with E-state index in [2.05, 4.69) is 36.6 Å². The lowest BCUT2D eigenvalue weighted by Gasteiger charge is -2.11. The van der Waals surface area contributed by atoms with Crippen LogP contribution in [0, 0.1) is 0 Å². The average Bonchev–Trinajstić information content (AvgIpc) is 2.22. The van der Waals surface area contributed by atoms with Crippen LogP contribution in [0.3, 0.4) is 0 Å². The molecular weight excluding hydrogens is 350 g/mol. The van der Waals surface area contributed by atoms with E-state index in [4.69, 9.17) is 0 Å². The lowest BCUT2D eigenvalue weighted by Crippen LogP contribution is -2.09. The first-order valence-electron chi connectivity index (χ1n) is 4.34. The van der Waals surface area contributed by atoms with Gasteiger partial charge in [0, 0.05) is 12.0 Å². The molecule has 0 N–H and O–H groups in total. The van der Waals surface area contributed by atoms with Gasteiger partial charge in [-0.3, -0.25) is 4.79 Å². The van der Waals surface area contributed by atoms with E-state index in [1.165, 1.54) is 0 Å². The third-order valence-electron chi connectivity index (χ3n) is 1.79. The molecule has 16 heavy (non-hydrogen) atoms. The Hall–Kier alpha value is -0.490. The predicted molar refractivity (Wildman–Crippen MR) is 63.3 cm³/mol. The van der Waals surface area contributed by atoms with Gasteiger partial charge in [-0.2, -0.15) is 8.78 Å². The zero-order valence-electron chi connectivity index (χ0n) is 8.05. The van der Waals surface area contributed by atoms with Crippen LogP contribution in [0.4, 0.5) is 8.78 Å². The summed E-state index contributed by atoms with van der Waals surface area (Å²) in [6.07, 6.45) is 0.0622. The van der Waals surface area contributed by atoms with E-state index in [1.54, 1.807) is 18.2 Å². The number of hydrogen-bond acceptors (Lipinski definition) is 2. The van der Waals surface area contributed by atoms with E-state index in [1.807, 2.05) is 0 Å². The number of ether oxygens (including phenoxy) is 1. The summed E-state index contributed by atoms with van der Waals surface area (Å²) in [5.74, 6) is -0.0796. The van der Waals surface area contributed by atoms with Gasteiger partial charge >= 0.3 is 6.61 Å². The molecule has 0 aromatic heterocycles. The SMILES string of the molecule is O=C(CBr)Cc1cccc(Br)c1OC(F)F. The van der Waals surface area contributed by atoms with Crippen molar-refractivity contribution in [3.63, 3.8) is 0 Å². The Morgan fingerprint density at radius 3 is 2.69 bits per heavy atom. The molecular formula is C10H8Br2F2O2. The van der Waals surface area contributed by atoms with Crippen molar-refractivity contribution in [2.75, 3.05) is 5.33 Å². The highest BCUT2D eigenvalue weighted by molar-refractivity contribution is 9.10. The molecule has 0 aliphatic heterocycles. The molecule has 0 atom stereocenters. The van der Waals surface area contributed by atoms with Crippen LogP contribution in [0.1, 0.15) is 5.56 Å². The molecule has 0 unspecified atom stereocenters. The van der Waals surface area contributed by atoms with E-state index in [-0.39, 0.29) is 23.3 Å². The normalized spacial score (nSPS) is 10.6. The molecule has 6 heteroatoms. The maximum Gasteiger partial charge on any atom is 0.387 e. The number of hydrogen-bond donors (Lipinski definition) is 0. The second-order valence-corrected chi connectivity index (χ2v) is 4.37. The van der Waals surface area contributed by atoms with E-state index in [9.17, 15) is 13.6 Å². The molecule has 0 aliphatic carbocycles. The summed E-state index contributed by atoms with van der Waals surface area (Å²) >= 11 is 6.12. The fourth-order valence-electron chi connectivity index (χ4n) is 1.17. The van der Waals surface area contributed by atoms with Gasteiger partial charge in [-0.25, -0.2) is 0 Å². The number of rotatable bonds is 5. The lowest BCUT2D eigenvalue weighted by atomic mass is 10.1. The number of carbonyl (C=O) groups excluding carboxylic acids is 1. The number of Topliss-reactive ketones (excluding diaryl/α,β-unsaturated/α-hetero) is 1. The molecule has 2 nitrogen and oxygen atoms in total. The Balaban J connectivity index is 2.98. The Morgan fingerprint density at radius 2 is 2.12 bits per heavy atom. The zero-order valence-corrected chi connectivity index (χ0v) is 11.2. The van der Waals surface area contributed by atoms with Gasteiger partial charge in [-0.05, 0) is 22.0 Å². The van der Waals surface area contributed by atoms with Crippen LogP contribution in [0.25, 0.3) is 0 Å². The first-order valence-corrected chi connectivity index (χ1v) is 6.26. The Labute approximate surface area is 108 Å². The molecule has 0 radical (unpaired) electrons. The largest absolute Gasteiger partial charge is 0.433 e. The topological polar surface area (TPSA) is 26.3 Å². The van der Waals surface area contributed by atoms with Gasteiger partial charge in [0.2, 0.25) is 0 Å². The van der Waals surface area contributed by atoms with E-state index < -0.39 is 6.61 Å². The highest BCUT2D eigenvalue weighted by Crippen LogP contribution is 2.30. The van der Waals surface area contributed by atoms with Crippen LogP contribution in [-0.2, 0) is 11.2 Å². The number of carbonyl (C=O) groups is 1. The van der Waals surface area contributed by atoms with Crippen LogP contribution in [0.2, 0.25) is 0 Å². The van der Waals surface area contributed by atoms with Gasteiger partial charge < -0.3 is 4.74 Å². The van der Waals surface area contributed by atoms with Crippen molar-refractivity contribution in [3.8, 4) is 5.75 Å². The first kappa shape index (κ1) is 13.6. The van der Waals surface area contributed by atoms with Gasteiger partial charge in [0.15, 0.2) is 0 Å². The minimum atomic E-state index is -2.91. The molecule has 0 saturated heterocycles. The first-order chi connectivity index (χ1) is 7.54. The summed E-state index contributed by atoms with van der Waals surface area (Å²) in [5.41, 5.74) is 0.444. The minimum Gasteiger partial charge on any atom is -0.433 e. The van der Waals surface area contributed by atoms with Gasteiger partial charge in [-0.1, -0.05) is 28.1 Å². The van der Waals surface area contributed by atoms with Crippen molar-refractivity contribution >= 4 is 37.6 Å². The number of ketones is 1. The van der Waals surface area contributed by atoms with Crippen molar-refractivity contribution in [3.05, 3.63) is 28.2 Å². The maximum absolute atomic E-state index is 12.2. The average molecular weight is 358 g/mol. The number of benzene rings is 1. The summed E-state index contributed by atoms with van der Waals surface area (Å²) in [6, 6.07) is 4.84. The van der Waals surface area contributed by atoms with Crippen molar-refractivity contribution in [1.82, 2.24) is 0 Å². The summed E-state index contributed by atoms with van der Waals surface area (Å²) in [5, 5.41) is 0.188. The maximum atomic E-state index is 12.2. The molecule has 0 amide bonds. The molecule has 0 heterocycles. The fourth-order valence-corrected chi connectivity index (χ4v) is 1.87. The zero-order chi connectivity index (χ0) is 12.1. The summed E-state index contributed by atoms with van der Waals surface area (Å²) < 4.78 is 29.1. The summed E-state index contributed by atoms with van der Waals surface area (Å²) in [4.78, 5) is 11.2. The second kappa shape index (κ2) is 6.30. The molecule has 88 valence electrons. The van der Waals surface area contributed by atoms with Crippen molar-refractivity contribution in [2.45, 2.75) is 13.0 Å². The molecule has 0 aliphatic rings. The van der Waals surface area contributed by atoms with Crippen LogP contribution in [-0.4, -0.2) is 17.7 Å². The lowest BCUT2D eigenvalue weighted by molar-refractivity contribution is -0.116. The minimum absolute atomic E-state index is 0.0202. The summed E-state index contributed by atoms with van der Waals surface area (Å²) in [6.45, 7) is -2.91. The van der Waals surface area contributed by atoms with Gasteiger partial charge in [0.1, 0.15) is 11.5 Å². The Bertz CT molecular complexity index is 383. The number of halogens is 4. The van der Waals surface area contributed by atoms with Crippen LogP contribution < -0.4 is 4.74 Å². The van der Waals surface area contributed by atoms with E-state index in [0.717, 1.165) is 0 Å². The smallest absolute Gasteiger partial charge is 0.387 e. The molecule has 0 spiro atoms. The van der Waals surface area contributed by atoms with Crippen LogP contribution in [0.15, 0.2) is 22.7 Å². The standard InChI is InChI=1S/C10H8Br2F2O2/c11-5-7(15)4-6-2-1-3-8(12)9(6)16-10(13)14/h1-3,10H,4-5H2. The van der Waals surface area contributed by atoms with Crippen molar-refractivity contribution in [2.24, 2.45) is 0 Å². The van der Waals surface area contributed by atoms with Gasteiger partial charge in [-0.15, -0.1) is 0 Å². The quantitative estimate of drug-likeness (QED) is 0.753. The molecule has 0 bridgehead atoms. The fraction of sp³-hybridized carbons (Fsp3) is 0.300. The molecule has 1 aromatic rings. The van der Waals surface area contributed by atoms with Crippen LogP contribution in [0.5, 0.6) is 5.75 Å². The number of para-hydroxylation sites is 1. The summed E-state index contributed by atoms with van der Waals surface area (Å²) in [7, 11) is 0. The van der Waals surface area contributed by atoms with Crippen molar-refractivity contribution < 1.29 is 18.3 Å². The number of alkyl halides is 3. The van der Waals surface area contributed by atoms with Crippen molar-refractivity contribution in [1.29, 1.82) is 0 Å². The molecule has 1 aromatic carbocycles. The third kappa shape index (κ3) is 3.83. The Morgan fingerprint density at radius 1 is 1.44 bits per heavy atom. The van der Waals surface area contributed by atoms with Gasteiger partial charge in [0.05, 0.1) is 9.80 Å². The highest BCUT2D eigenvalue weighted by atomic mass is 79.9. The second-order valence-electron chi connectivity index (χ2n) is 2.96. The third-order valence-corrected chi connectivity index (χ3v) is 3.04. The molecule has 0 fully saturated rings. The monoisotopic (exact) mass is 356 g/mol. The van der Waals surface area contributed by atoms with Gasteiger partial charge in [0.25, 0.3) is 0 Å². The van der Waals surface area contributed by atoms with Crippen LogP contribution >= 0.6 is 31.9 Å². The molecule has 0 saturated carbocycles. The molecule has 1 rings (SSSR count). The van der Waals surface area contributed by atoms with E-state index >= 15 is 0 Å². The van der Waals surface area contributed by atoms with E-state index in [0.29, 0.717) is 10.0 Å². The highest BCUT2D eigenvalue weighted by Gasteiger charge is 2.14.